The zero-order valence-electron chi connectivity index (χ0n) is 11.2. The van der Waals surface area contributed by atoms with Gasteiger partial charge in [-0.1, -0.05) is 18.2 Å². The van der Waals surface area contributed by atoms with Crippen LogP contribution in [0.5, 0.6) is 5.75 Å². The molecule has 3 aromatic rings. The molecule has 0 amide bonds. The van der Waals surface area contributed by atoms with Gasteiger partial charge in [0.05, 0.1) is 13.3 Å². The minimum Gasteiger partial charge on any atom is -0.497 e. The molecular formula is C14H12N4OS2. The number of hydrogen-bond donors (Lipinski definition) is 2. The molecule has 2 aromatic carbocycles. The Labute approximate surface area is 130 Å². The van der Waals surface area contributed by atoms with Crippen LogP contribution in [0.15, 0.2) is 41.5 Å². The minimum atomic E-state index is 0.432. The summed E-state index contributed by atoms with van der Waals surface area (Å²) >= 11 is 10.1. The van der Waals surface area contributed by atoms with Gasteiger partial charge < -0.3 is 4.74 Å². The van der Waals surface area contributed by atoms with Crippen LogP contribution >= 0.6 is 24.4 Å². The fourth-order valence-corrected chi connectivity index (χ4v) is 2.42. The first-order chi connectivity index (χ1) is 10.2. The summed E-state index contributed by atoms with van der Waals surface area (Å²) in [5.74, 6) is 0.842. The molecule has 0 atom stereocenters. The number of H-pyrrole nitrogens is 2. The Balaban J connectivity index is 1.98. The molecule has 0 unspecified atom stereocenters. The van der Waals surface area contributed by atoms with Crippen molar-refractivity contribution in [3.63, 3.8) is 0 Å². The molecule has 0 saturated heterocycles. The lowest BCUT2D eigenvalue weighted by atomic mass is 10.1. The summed E-state index contributed by atoms with van der Waals surface area (Å²) in [6, 6.07) is 12.0. The second kappa shape index (κ2) is 5.63. The van der Waals surface area contributed by atoms with Crippen LogP contribution in [0.2, 0.25) is 0 Å². The van der Waals surface area contributed by atoms with Crippen molar-refractivity contribution in [2.24, 2.45) is 5.10 Å². The van der Waals surface area contributed by atoms with E-state index < -0.39 is 0 Å². The summed E-state index contributed by atoms with van der Waals surface area (Å²) in [6.07, 6.45) is 1.72. The fourth-order valence-electron chi connectivity index (χ4n) is 1.98. The van der Waals surface area contributed by atoms with E-state index in [9.17, 15) is 0 Å². The first-order valence-electron chi connectivity index (χ1n) is 6.19. The van der Waals surface area contributed by atoms with Crippen LogP contribution in [0.4, 0.5) is 0 Å². The third-order valence-corrected chi connectivity index (χ3v) is 3.60. The Hall–Kier alpha value is -2.25. The molecule has 3 rings (SSSR count). The van der Waals surface area contributed by atoms with E-state index in [4.69, 9.17) is 29.2 Å². The summed E-state index contributed by atoms with van der Waals surface area (Å²) in [7, 11) is 1.66. The summed E-state index contributed by atoms with van der Waals surface area (Å²) in [6.45, 7) is 0. The number of ether oxygens (including phenoxy) is 1. The summed E-state index contributed by atoms with van der Waals surface area (Å²) < 4.78 is 7.54. The zero-order valence-corrected chi connectivity index (χ0v) is 12.8. The van der Waals surface area contributed by atoms with Crippen molar-refractivity contribution >= 4 is 41.4 Å². The molecule has 0 aliphatic rings. The highest BCUT2D eigenvalue weighted by molar-refractivity contribution is 7.72. The van der Waals surface area contributed by atoms with Crippen LogP contribution < -0.4 is 4.74 Å². The lowest BCUT2D eigenvalue weighted by molar-refractivity contribution is 0.415. The average molecular weight is 316 g/mol. The number of hydrogen-bond acceptors (Lipinski definition) is 4. The van der Waals surface area contributed by atoms with Gasteiger partial charge in [-0.25, -0.2) is 0 Å². The maximum Gasteiger partial charge on any atom is 0.215 e. The standard InChI is InChI=1S/C14H12N4OS2/c1-19-12-5-4-10-6-9(2-3-11(10)7-12)8-15-18-13(20)16-17-14(18)21/h2-8H,1H3,(H,16,20)(H,17,21)/b15-8-. The maximum atomic E-state index is 5.22. The average Bonchev–Trinajstić information content (AvgIpc) is 2.83. The predicted molar refractivity (Wildman–Crippen MR) is 88.3 cm³/mol. The van der Waals surface area contributed by atoms with E-state index in [2.05, 4.69) is 15.3 Å². The van der Waals surface area contributed by atoms with Gasteiger partial charge >= 0.3 is 0 Å². The van der Waals surface area contributed by atoms with Crippen molar-refractivity contribution in [3.05, 3.63) is 51.5 Å². The molecule has 1 aromatic heterocycles. The zero-order chi connectivity index (χ0) is 14.8. The molecule has 0 fully saturated rings. The smallest absolute Gasteiger partial charge is 0.215 e. The van der Waals surface area contributed by atoms with Gasteiger partial charge in [0.25, 0.3) is 0 Å². The molecule has 1 heterocycles. The number of rotatable bonds is 3. The van der Waals surface area contributed by atoms with Gasteiger partial charge in [0.2, 0.25) is 9.54 Å². The molecule has 0 aliphatic heterocycles. The number of nitrogens with one attached hydrogen (secondary N) is 2. The molecule has 106 valence electrons. The van der Waals surface area contributed by atoms with Gasteiger partial charge in [-0.15, -0.1) is 0 Å². The fraction of sp³-hybridized carbons (Fsp3) is 0.0714. The lowest BCUT2D eigenvalue weighted by Crippen LogP contribution is -1.91. The largest absolute Gasteiger partial charge is 0.497 e. The van der Waals surface area contributed by atoms with Crippen LogP contribution in [-0.2, 0) is 0 Å². The summed E-state index contributed by atoms with van der Waals surface area (Å²) in [5, 5.41) is 12.0. The predicted octanol–water partition coefficient (Wildman–Crippen LogP) is 3.65. The van der Waals surface area contributed by atoms with Crippen LogP contribution in [-0.4, -0.2) is 28.2 Å². The molecule has 5 nitrogen and oxygen atoms in total. The lowest BCUT2D eigenvalue weighted by Gasteiger charge is -2.03. The third kappa shape index (κ3) is 2.79. The highest BCUT2D eigenvalue weighted by Crippen LogP contribution is 2.21. The summed E-state index contributed by atoms with van der Waals surface area (Å²) in [4.78, 5) is 0. The van der Waals surface area contributed by atoms with Crippen molar-refractivity contribution in [2.45, 2.75) is 0 Å². The van der Waals surface area contributed by atoms with Crippen molar-refractivity contribution < 1.29 is 4.74 Å². The Bertz CT molecular complexity index is 908. The second-order valence-electron chi connectivity index (χ2n) is 4.39. The van der Waals surface area contributed by atoms with Gasteiger partial charge in [-0.2, -0.15) is 9.78 Å². The van der Waals surface area contributed by atoms with Gasteiger partial charge in [-0.05, 0) is 59.0 Å². The van der Waals surface area contributed by atoms with Gasteiger partial charge in [-0.3, -0.25) is 10.2 Å². The Kier molecular flexibility index (Phi) is 3.68. The second-order valence-corrected chi connectivity index (χ2v) is 5.16. The molecule has 0 radical (unpaired) electrons. The van der Waals surface area contributed by atoms with E-state index >= 15 is 0 Å². The normalized spacial score (nSPS) is 11.3. The highest BCUT2D eigenvalue weighted by Gasteiger charge is 1.98. The molecule has 0 aliphatic carbocycles. The number of benzene rings is 2. The van der Waals surface area contributed by atoms with Gasteiger partial charge in [0.15, 0.2) is 0 Å². The first kappa shape index (κ1) is 13.7. The van der Waals surface area contributed by atoms with Crippen molar-refractivity contribution in [2.75, 3.05) is 7.11 Å². The van der Waals surface area contributed by atoms with Crippen LogP contribution in [0, 0.1) is 9.54 Å². The van der Waals surface area contributed by atoms with Crippen LogP contribution in [0.25, 0.3) is 10.8 Å². The van der Waals surface area contributed by atoms with Crippen molar-refractivity contribution in [1.82, 2.24) is 14.9 Å². The first-order valence-corrected chi connectivity index (χ1v) is 7.01. The Morgan fingerprint density at radius 1 is 1.05 bits per heavy atom. The SMILES string of the molecule is COc1ccc2cc(/C=N\n3c(=S)[nH][nH]c3=S)ccc2c1. The van der Waals surface area contributed by atoms with E-state index in [0.29, 0.717) is 9.54 Å². The molecule has 7 heteroatoms. The number of fused-ring (bicyclic) bond motifs is 1. The van der Waals surface area contributed by atoms with E-state index in [1.165, 1.54) is 4.68 Å². The Morgan fingerprint density at radius 3 is 2.43 bits per heavy atom. The topological polar surface area (TPSA) is 58.1 Å². The maximum absolute atomic E-state index is 5.22. The number of methoxy groups -OCH3 is 1. The highest BCUT2D eigenvalue weighted by atomic mass is 32.1. The molecule has 2 N–H and O–H groups in total. The molecular weight excluding hydrogens is 304 g/mol. The molecule has 0 saturated carbocycles. The third-order valence-electron chi connectivity index (χ3n) is 3.05. The van der Waals surface area contributed by atoms with E-state index in [1.54, 1.807) is 13.3 Å². The monoisotopic (exact) mass is 316 g/mol. The van der Waals surface area contributed by atoms with E-state index in [0.717, 1.165) is 22.1 Å². The van der Waals surface area contributed by atoms with Gasteiger partial charge in [0, 0.05) is 0 Å². The van der Waals surface area contributed by atoms with Crippen LogP contribution in [0.3, 0.4) is 0 Å². The number of aromatic nitrogens is 3. The van der Waals surface area contributed by atoms with E-state index in [-0.39, 0.29) is 0 Å². The van der Waals surface area contributed by atoms with Gasteiger partial charge in [0.1, 0.15) is 5.75 Å². The molecule has 0 bridgehead atoms. The van der Waals surface area contributed by atoms with Crippen molar-refractivity contribution in [1.29, 1.82) is 0 Å². The van der Waals surface area contributed by atoms with Crippen LogP contribution in [0.1, 0.15) is 5.56 Å². The minimum absolute atomic E-state index is 0.432. The summed E-state index contributed by atoms with van der Waals surface area (Å²) in [5.41, 5.74) is 0.963. The van der Waals surface area contributed by atoms with E-state index in [1.807, 2.05) is 36.4 Å². The number of aromatic amines is 2. The number of nitrogens with zero attached hydrogens (tertiary/aromatic N) is 2. The molecule has 21 heavy (non-hydrogen) atoms. The molecule has 0 spiro atoms. The van der Waals surface area contributed by atoms with Crippen molar-refractivity contribution in [3.8, 4) is 5.75 Å². The Morgan fingerprint density at radius 2 is 1.71 bits per heavy atom. The quantitative estimate of drug-likeness (QED) is 0.573.